The van der Waals surface area contributed by atoms with E-state index >= 15 is 0 Å². The lowest BCUT2D eigenvalue weighted by Crippen LogP contribution is -2.23. The van der Waals surface area contributed by atoms with E-state index in [0.717, 1.165) is 12.8 Å². The standard InChI is InChI=1S/C18H20F2N6/c1-26-16-14(10-21-17(25-16)22-11-6-3-2-4-7-11)23-18(26)24-15-12(19)8-5-9-13(15)20/h5,8-11H,2-4,6-7H2,1H3,(H,23,24)(H,21,22,25). The SMILES string of the molecule is Cn1c(Nc2c(F)cccc2F)nc2cnc(NC3CCCCC3)nc21. The van der Waals surface area contributed by atoms with Crippen LogP contribution in [0.5, 0.6) is 0 Å². The second-order valence-corrected chi connectivity index (χ2v) is 6.60. The lowest BCUT2D eigenvalue weighted by molar-refractivity contribution is 0.461. The van der Waals surface area contributed by atoms with Crippen molar-refractivity contribution in [3.8, 4) is 0 Å². The first kappa shape index (κ1) is 16.7. The number of benzene rings is 1. The lowest BCUT2D eigenvalue weighted by atomic mass is 9.96. The summed E-state index contributed by atoms with van der Waals surface area (Å²) in [7, 11) is 1.74. The molecule has 3 aromatic rings. The number of nitrogens with one attached hydrogen (secondary N) is 2. The summed E-state index contributed by atoms with van der Waals surface area (Å²) in [6.45, 7) is 0. The van der Waals surface area contributed by atoms with E-state index in [9.17, 15) is 8.78 Å². The topological polar surface area (TPSA) is 67.7 Å². The molecule has 26 heavy (non-hydrogen) atoms. The van der Waals surface area contributed by atoms with Crippen molar-refractivity contribution >= 4 is 28.7 Å². The Bertz CT molecular complexity index is 913. The Hall–Kier alpha value is -2.77. The fourth-order valence-corrected chi connectivity index (χ4v) is 3.32. The quantitative estimate of drug-likeness (QED) is 0.734. The van der Waals surface area contributed by atoms with Gasteiger partial charge in [-0.25, -0.2) is 18.7 Å². The molecule has 0 saturated heterocycles. The summed E-state index contributed by atoms with van der Waals surface area (Å²) in [5.41, 5.74) is 0.915. The molecule has 1 aromatic carbocycles. The number of rotatable bonds is 4. The van der Waals surface area contributed by atoms with E-state index in [-0.39, 0.29) is 5.69 Å². The molecule has 0 aliphatic heterocycles. The zero-order valence-electron chi connectivity index (χ0n) is 14.5. The van der Waals surface area contributed by atoms with Crippen LogP contribution in [0.2, 0.25) is 0 Å². The molecule has 0 amide bonds. The normalized spacial score (nSPS) is 15.3. The molecule has 0 bridgehead atoms. The van der Waals surface area contributed by atoms with Crippen LogP contribution in [0, 0.1) is 11.6 Å². The molecule has 1 aliphatic carbocycles. The van der Waals surface area contributed by atoms with E-state index in [1.807, 2.05) is 0 Å². The Morgan fingerprint density at radius 2 is 1.81 bits per heavy atom. The predicted octanol–water partition coefficient (Wildman–Crippen LogP) is 4.13. The molecular weight excluding hydrogens is 338 g/mol. The van der Waals surface area contributed by atoms with Gasteiger partial charge in [-0.2, -0.15) is 4.98 Å². The summed E-state index contributed by atoms with van der Waals surface area (Å²) in [5, 5.41) is 6.09. The Morgan fingerprint density at radius 3 is 2.54 bits per heavy atom. The molecule has 2 aromatic heterocycles. The molecule has 6 nitrogen and oxygen atoms in total. The molecule has 0 radical (unpaired) electrons. The first-order chi connectivity index (χ1) is 12.6. The van der Waals surface area contributed by atoms with Crippen molar-refractivity contribution < 1.29 is 8.78 Å². The van der Waals surface area contributed by atoms with Crippen molar-refractivity contribution in [1.82, 2.24) is 19.5 Å². The average molecular weight is 358 g/mol. The molecule has 1 aliphatic rings. The highest BCUT2D eigenvalue weighted by atomic mass is 19.1. The third kappa shape index (κ3) is 3.18. The second kappa shape index (κ2) is 6.86. The van der Waals surface area contributed by atoms with Crippen LogP contribution in [-0.4, -0.2) is 25.6 Å². The van der Waals surface area contributed by atoms with Crippen molar-refractivity contribution in [2.45, 2.75) is 38.1 Å². The monoisotopic (exact) mass is 358 g/mol. The Labute approximate surface area is 149 Å². The second-order valence-electron chi connectivity index (χ2n) is 6.60. The number of nitrogens with zero attached hydrogens (tertiary/aromatic N) is 4. The summed E-state index contributed by atoms with van der Waals surface area (Å²) in [6.07, 6.45) is 7.57. The van der Waals surface area contributed by atoms with E-state index in [4.69, 9.17) is 0 Å². The van der Waals surface area contributed by atoms with Crippen molar-refractivity contribution in [3.05, 3.63) is 36.0 Å². The number of anilines is 3. The van der Waals surface area contributed by atoms with E-state index in [2.05, 4.69) is 25.6 Å². The van der Waals surface area contributed by atoms with Gasteiger partial charge in [-0.15, -0.1) is 0 Å². The van der Waals surface area contributed by atoms with Crippen molar-refractivity contribution in [2.75, 3.05) is 10.6 Å². The third-order valence-corrected chi connectivity index (χ3v) is 4.75. The smallest absolute Gasteiger partial charge is 0.224 e. The molecular formula is C18H20F2N6. The summed E-state index contributed by atoms with van der Waals surface area (Å²) in [4.78, 5) is 13.2. The van der Waals surface area contributed by atoms with Gasteiger partial charge in [-0.3, -0.25) is 4.57 Å². The van der Waals surface area contributed by atoms with Crippen molar-refractivity contribution in [2.24, 2.45) is 7.05 Å². The van der Waals surface area contributed by atoms with Crippen LogP contribution in [0.4, 0.5) is 26.4 Å². The summed E-state index contributed by atoms with van der Waals surface area (Å²) >= 11 is 0. The summed E-state index contributed by atoms with van der Waals surface area (Å²) < 4.78 is 29.4. The maximum absolute atomic E-state index is 13.9. The highest BCUT2D eigenvalue weighted by Gasteiger charge is 2.17. The Balaban J connectivity index is 1.62. The van der Waals surface area contributed by atoms with E-state index in [1.165, 1.54) is 37.5 Å². The third-order valence-electron chi connectivity index (χ3n) is 4.75. The van der Waals surface area contributed by atoms with Gasteiger partial charge in [0.2, 0.25) is 11.9 Å². The van der Waals surface area contributed by atoms with Crippen LogP contribution >= 0.6 is 0 Å². The largest absolute Gasteiger partial charge is 0.351 e. The average Bonchev–Trinajstić information content (AvgIpc) is 2.95. The molecule has 8 heteroatoms. The van der Waals surface area contributed by atoms with Crippen LogP contribution in [0.3, 0.4) is 0 Å². The number of hydrogen-bond donors (Lipinski definition) is 2. The molecule has 0 atom stereocenters. The fourth-order valence-electron chi connectivity index (χ4n) is 3.32. The van der Waals surface area contributed by atoms with Crippen LogP contribution in [0.25, 0.3) is 11.2 Å². The number of aromatic nitrogens is 4. The van der Waals surface area contributed by atoms with Gasteiger partial charge in [0, 0.05) is 13.1 Å². The van der Waals surface area contributed by atoms with Gasteiger partial charge in [0.05, 0.1) is 6.20 Å². The highest BCUT2D eigenvalue weighted by molar-refractivity contribution is 5.76. The molecule has 0 spiro atoms. The van der Waals surface area contributed by atoms with E-state index in [0.29, 0.717) is 29.1 Å². The minimum atomic E-state index is -0.678. The number of hydrogen-bond acceptors (Lipinski definition) is 5. The van der Waals surface area contributed by atoms with E-state index in [1.54, 1.807) is 17.8 Å². The van der Waals surface area contributed by atoms with E-state index < -0.39 is 11.6 Å². The van der Waals surface area contributed by atoms with Crippen LogP contribution < -0.4 is 10.6 Å². The number of para-hydroxylation sites is 1. The maximum Gasteiger partial charge on any atom is 0.224 e. The van der Waals surface area contributed by atoms with Gasteiger partial charge >= 0.3 is 0 Å². The number of aryl methyl sites for hydroxylation is 1. The molecule has 2 N–H and O–H groups in total. The fraction of sp³-hybridized carbons (Fsp3) is 0.389. The van der Waals surface area contributed by atoms with Gasteiger partial charge in [0.25, 0.3) is 0 Å². The van der Waals surface area contributed by atoms with Crippen LogP contribution in [0.15, 0.2) is 24.4 Å². The molecule has 2 heterocycles. The zero-order valence-corrected chi connectivity index (χ0v) is 14.5. The molecule has 136 valence electrons. The van der Waals surface area contributed by atoms with Gasteiger partial charge in [-0.1, -0.05) is 25.3 Å². The number of imidazole rings is 1. The molecule has 4 rings (SSSR count). The molecule has 1 fully saturated rings. The highest BCUT2D eigenvalue weighted by Crippen LogP contribution is 2.25. The zero-order chi connectivity index (χ0) is 18.1. The Kier molecular flexibility index (Phi) is 4.40. The van der Waals surface area contributed by atoms with Gasteiger partial charge in [-0.05, 0) is 25.0 Å². The summed E-state index contributed by atoms with van der Waals surface area (Å²) in [5.74, 6) is -0.505. The first-order valence-electron chi connectivity index (χ1n) is 8.79. The van der Waals surface area contributed by atoms with Crippen LogP contribution in [0.1, 0.15) is 32.1 Å². The van der Waals surface area contributed by atoms with Crippen molar-refractivity contribution in [1.29, 1.82) is 0 Å². The lowest BCUT2D eigenvalue weighted by Gasteiger charge is -2.22. The maximum atomic E-state index is 13.9. The molecule has 1 saturated carbocycles. The predicted molar refractivity (Wildman–Crippen MR) is 96.4 cm³/mol. The Morgan fingerprint density at radius 1 is 1.08 bits per heavy atom. The van der Waals surface area contributed by atoms with Crippen LogP contribution in [-0.2, 0) is 7.05 Å². The number of fused-ring (bicyclic) bond motifs is 1. The van der Waals surface area contributed by atoms with Gasteiger partial charge in [0.15, 0.2) is 5.65 Å². The molecule has 0 unspecified atom stereocenters. The minimum Gasteiger partial charge on any atom is -0.351 e. The van der Waals surface area contributed by atoms with Crippen molar-refractivity contribution in [3.63, 3.8) is 0 Å². The first-order valence-corrected chi connectivity index (χ1v) is 8.79. The van der Waals surface area contributed by atoms with Gasteiger partial charge in [0.1, 0.15) is 22.8 Å². The number of halogens is 2. The van der Waals surface area contributed by atoms with Gasteiger partial charge < -0.3 is 10.6 Å². The summed E-state index contributed by atoms with van der Waals surface area (Å²) in [6, 6.07) is 4.10. The minimum absolute atomic E-state index is 0.237.